The minimum absolute atomic E-state index is 0.0688. The molecule has 0 aromatic carbocycles. The molecule has 2 fully saturated rings. The number of nitrogens with one attached hydrogen (secondary N) is 2. The van der Waals surface area contributed by atoms with E-state index >= 15 is 0 Å². The zero-order valence-electron chi connectivity index (χ0n) is 34.3. The van der Waals surface area contributed by atoms with Gasteiger partial charge < -0.3 is 18.3 Å². The first-order chi connectivity index (χ1) is 24.6. The van der Waals surface area contributed by atoms with E-state index in [1.54, 1.807) is 27.7 Å². The fourth-order valence-corrected chi connectivity index (χ4v) is 9.56. The van der Waals surface area contributed by atoms with E-state index in [1.165, 1.54) is 21.5 Å². The first kappa shape index (κ1) is 44.5. The molecule has 19 heteroatoms. The zero-order valence-corrected chi connectivity index (χ0v) is 37.2. The number of hydrogen-bond acceptors (Lipinski definition) is 12. The molecule has 7 atom stereocenters. The Morgan fingerprint density at radius 2 is 1.22 bits per heavy atom. The average Bonchev–Trinajstić information content (AvgIpc) is 3.60. The largest absolute Gasteiger partial charge is 0.475 e. The maximum atomic E-state index is 14.6. The summed E-state index contributed by atoms with van der Waals surface area (Å²) in [4.78, 5) is 54.7. The van der Waals surface area contributed by atoms with Crippen molar-refractivity contribution in [2.75, 3.05) is 13.2 Å². The van der Waals surface area contributed by atoms with Crippen LogP contribution in [-0.4, -0.2) is 79.5 Å². The second kappa shape index (κ2) is 16.3. The Labute approximate surface area is 319 Å². The lowest BCUT2D eigenvalue weighted by Crippen LogP contribution is -2.46. The van der Waals surface area contributed by atoms with Crippen LogP contribution in [0.4, 0.5) is 0 Å². The molecular formula is C35H61N4O12PSi2. The van der Waals surface area contributed by atoms with E-state index in [-0.39, 0.29) is 36.1 Å². The average molecular weight is 817 g/mol. The highest BCUT2D eigenvalue weighted by molar-refractivity contribution is 7.48. The molecule has 2 N–H and O–H groups in total. The van der Waals surface area contributed by atoms with Gasteiger partial charge in [0.2, 0.25) is 0 Å². The number of phosphoric acid groups is 1. The van der Waals surface area contributed by atoms with E-state index in [9.17, 15) is 23.7 Å². The first-order valence-electron chi connectivity index (χ1n) is 18.5. The second-order valence-electron chi connectivity index (χ2n) is 17.7. The number of hydrogen-bond donors (Lipinski definition) is 2. The van der Waals surface area contributed by atoms with E-state index in [1.807, 2.05) is 0 Å². The molecule has 2 aliphatic rings. The number of rotatable bonds is 14. The van der Waals surface area contributed by atoms with Crippen molar-refractivity contribution in [3.63, 3.8) is 0 Å². The topological polar surface area (TPSA) is 191 Å². The molecule has 2 saturated heterocycles. The van der Waals surface area contributed by atoms with Gasteiger partial charge in [-0.05, 0) is 64.0 Å². The normalized spacial score (nSPS) is 25.4. The molecule has 0 spiro atoms. The van der Waals surface area contributed by atoms with E-state index in [2.05, 4.69) is 77.7 Å². The van der Waals surface area contributed by atoms with Gasteiger partial charge in [0.1, 0.15) is 30.8 Å². The van der Waals surface area contributed by atoms with Gasteiger partial charge in [0.05, 0.1) is 25.4 Å². The molecule has 0 saturated carbocycles. The molecule has 1 unspecified atom stereocenters. The van der Waals surface area contributed by atoms with Crippen LogP contribution in [0, 0.1) is 13.8 Å². The molecule has 2 aromatic heterocycles. The van der Waals surface area contributed by atoms with Gasteiger partial charge in [-0.1, -0.05) is 41.5 Å². The smallest absolute Gasteiger partial charge is 0.414 e. The molecule has 16 nitrogen and oxygen atoms in total. The number of phosphoric ester groups is 1. The van der Waals surface area contributed by atoms with Gasteiger partial charge in [-0.25, -0.2) is 14.2 Å². The third-order valence-corrected chi connectivity index (χ3v) is 21.6. The van der Waals surface area contributed by atoms with Crippen LogP contribution in [0.1, 0.15) is 91.8 Å². The van der Waals surface area contributed by atoms with Crippen LogP contribution >= 0.6 is 7.82 Å². The van der Waals surface area contributed by atoms with E-state index in [4.69, 9.17) is 31.9 Å². The highest BCUT2D eigenvalue weighted by Gasteiger charge is 2.49. The number of H-pyrrole nitrogens is 2. The number of aromatic nitrogens is 4. The van der Waals surface area contributed by atoms with Gasteiger partial charge in [0.15, 0.2) is 16.6 Å². The lowest BCUT2D eigenvalue weighted by molar-refractivity contribution is -0.0597. The van der Waals surface area contributed by atoms with Gasteiger partial charge in [0.25, 0.3) is 11.1 Å². The molecule has 4 heterocycles. The maximum absolute atomic E-state index is 14.6. The van der Waals surface area contributed by atoms with Crippen molar-refractivity contribution in [3.8, 4) is 0 Å². The summed E-state index contributed by atoms with van der Waals surface area (Å²) in [5.41, 5.74) is -1.62. The van der Waals surface area contributed by atoms with E-state index in [0.29, 0.717) is 11.1 Å². The Balaban J connectivity index is 1.64. The highest BCUT2D eigenvalue weighted by atomic mass is 31.2. The summed E-state index contributed by atoms with van der Waals surface area (Å²) in [6.45, 7) is 27.4. The Kier molecular flexibility index (Phi) is 13.4. The van der Waals surface area contributed by atoms with Gasteiger partial charge in [0, 0.05) is 36.4 Å². The van der Waals surface area contributed by atoms with Crippen molar-refractivity contribution < 1.29 is 36.5 Å². The van der Waals surface area contributed by atoms with Gasteiger partial charge in [-0.3, -0.25) is 42.3 Å². The van der Waals surface area contributed by atoms with Gasteiger partial charge in [-0.2, -0.15) is 0 Å². The first-order valence-corrected chi connectivity index (χ1v) is 25.8. The van der Waals surface area contributed by atoms with Crippen LogP contribution in [0.3, 0.4) is 0 Å². The van der Waals surface area contributed by atoms with Crippen LogP contribution < -0.4 is 22.5 Å². The molecule has 54 heavy (non-hydrogen) atoms. The molecule has 2 aliphatic heterocycles. The van der Waals surface area contributed by atoms with Crippen LogP contribution in [0.5, 0.6) is 0 Å². The lowest BCUT2D eigenvalue weighted by atomic mass is 10.2. The zero-order chi connectivity index (χ0) is 40.8. The minimum Gasteiger partial charge on any atom is -0.414 e. The van der Waals surface area contributed by atoms with Gasteiger partial charge >= 0.3 is 19.2 Å². The highest BCUT2D eigenvalue weighted by Crippen LogP contribution is 2.55. The Hall–Kier alpha value is -2.26. The lowest BCUT2D eigenvalue weighted by Gasteiger charge is -2.39. The molecule has 2 aromatic rings. The second-order valence-corrected chi connectivity index (χ2v) is 28.9. The third kappa shape index (κ3) is 10.4. The van der Waals surface area contributed by atoms with E-state index in [0.717, 1.165) is 0 Å². The molecule has 306 valence electrons. The van der Waals surface area contributed by atoms with Crippen LogP contribution in [0.15, 0.2) is 31.6 Å². The molecule has 0 radical (unpaired) electrons. The number of ether oxygens (including phenoxy) is 2. The summed E-state index contributed by atoms with van der Waals surface area (Å²) in [5, 5.41) is -0.275. The molecular weight excluding hydrogens is 756 g/mol. The van der Waals surface area contributed by atoms with Crippen LogP contribution in [0.2, 0.25) is 36.3 Å². The predicted molar refractivity (Wildman–Crippen MR) is 209 cm³/mol. The predicted octanol–water partition coefficient (Wildman–Crippen LogP) is 5.63. The van der Waals surface area contributed by atoms with Crippen LogP contribution in [-0.2, 0) is 36.5 Å². The molecule has 0 bridgehead atoms. The standard InChI is InChI=1S/C35H61N4O12PSi2/c1-21(2)49-52(44,45-19-26-25(51-54(13,14)35(8,9)10)16-29(47-26)39-18-23(4)31(41)37-33(39)43)50-24-15-28(38-17-22(3)30(40)36-32(38)42)48-27(24)20-46-53(11,12)34(5,6)7/h17-18,21,24-29H,15-16,19-20H2,1-14H3,(H,36,40,42)(H,37,41,43)/t24-,25-,26+,27+,28+,29+,52?/m0/s1. The van der Waals surface area contributed by atoms with Crippen molar-refractivity contribution in [2.24, 2.45) is 0 Å². The van der Waals surface area contributed by atoms with Crippen molar-refractivity contribution in [1.82, 2.24) is 19.1 Å². The summed E-state index contributed by atoms with van der Waals surface area (Å²) in [6, 6.07) is 0. The maximum Gasteiger partial charge on any atom is 0.475 e. The SMILES string of the molecule is Cc1cn([C@H]2C[C@H](O[Si](C)(C)C(C)(C)C)[C@@H](COP(=O)(OC(C)C)O[C@H]3C[C@H](n4cc(C)c(=O)[nH]c4=O)O[C@@H]3CO[Si](C)(C)C(C)(C)C)O2)c(=O)[nH]c1=O. The van der Waals surface area contributed by atoms with Crippen molar-refractivity contribution >= 4 is 24.5 Å². The number of aromatic amines is 2. The number of nitrogens with zero attached hydrogens (tertiary/aromatic N) is 2. The minimum atomic E-state index is -4.39. The molecule has 0 amide bonds. The van der Waals surface area contributed by atoms with Gasteiger partial charge in [-0.15, -0.1) is 0 Å². The fraction of sp³-hybridized carbons (Fsp3) is 0.771. The Morgan fingerprint density at radius 3 is 1.67 bits per heavy atom. The Bertz CT molecular complexity index is 1930. The summed E-state index contributed by atoms with van der Waals surface area (Å²) in [5.74, 6) is 0. The van der Waals surface area contributed by atoms with Crippen molar-refractivity contribution in [1.29, 1.82) is 0 Å². The fourth-order valence-electron chi connectivity index (χ4n) is 5.61. The summed E-state index contributed by atoms with van der Waals surface area (Å²) in [6.07, 6.45) is -2.12. The quantitative estimate of drug-likeness (QED) is 0.177. The van der Waals surface area contributed by atoms with Crippen molar-refractivity contribution in [2.45, 2.75) is 161 Å². The Morgan fingerprint density at radius 1 is 0.778 bits per heavy atom. The molecule has 0 aliphatic carbocycles. The molecule has 4 rings (SSSR count). The third-order valence-electron chi connectivity index (χ3n) is 10.9. The number of aryl methyl sites for hydroxylation is 2. The van der Waals surface area contributed by atoms with E-state index < -0.39 is 89.9 Å². The monoisotopic (exact) mass is 816 g/mol. The summed E-state index contributed by atoms with van der Waals surface area (Å²) >= 11 is 0. The summed E-state index contributed by atoms with van der Waals surface area (Å²) < 4.78 is 61.5. The van der Waals surface area contributed by atoms with Crippen molar-refractivity contribution in [3.05, 3.63) is 65.2 Å². The van der Waals surface area contributed by atoms with Crippen LogP contribution in [0.25, 0.3) is 0 Å². The summed E-state index contributed by atoms with van der Waals surface area (Å²) in [7, 11) is -9.08.